The maximum atomic E-state index is 13.4. The van der Waals surface area contributed by atoms with Gasteiger partial charge in [-0.1, -0.05) is 13.3 Å². The van der Waals surface area contributed by atoms with Crippen molar-refractivity contribution in [2.45, 2.75) is 40.5 Å². The van der Waals surface area contributed by atoms with Crippen molar-refractivity contribution < 1.29 is 23.1 Å². The van der Waals surface area contributed by atoms with Crippen molar-refractivity contribution in [1.82, 2.24) is 10.6 Å². The van der Waals surface area contributed by atoms with Crippen molar-refractivity contribution in [3.05, 3.63) is 59.8 Å². The summed E-state index contributed by atoms with van der Waals surface area (Å²) < 4.78 is 25.4. The minimum Gasteiger partial charge on any atom is -0.505 e. The molecule has 0 aliphatic rings. The van der Waals surface area contributed by atoms with E-state index in [0.29, 0.717) is 17.9 Å². The van der Waals surface area contributed by atoms with E-state index < -0.39 is 27.7 Å². The first-order valence-electron chi connectivity index (χ1n) is 12.8. The lowest BCUT2D eigenvalue weighted by molar-refractivity contribution is -0.117. The highest BCUT2D eigenvalue weighted by atomic mass is 32.2. The summed E-state index contributed by atoms with van der Waals surface area (Å²) in [5.74, 6) is -1.07. The Morgan fingerprint density at radius 3 is 1.95 bits per heavy atom. The molecule has 0 fully saturated rings. The fourth-order valence-corrected chi connectivity index (χ4v) is 4.37. The van der Waals surface area contributed by atoms with Gasteiger partial charge in [-0.15, -0.1) is 0 Å². The third kappa shape index (κ3) is 8.41. The third-order valence-electron chi connectivity index (χ3n) is 5.71. The van der Waals surface area contributed by atoms with Crippen molar-refractivity contribution in [1.29, 1.82) is 0 Å². The number of carbonyl (C=O) groups is 2. The minimum absolute atomic E-state index is 0.233. The average Bonchev–Trinajstić information content (AvgIpc) is 2.88. The zero-order valence-electron chi connectivity index (χ0n) is 22.7. The molecule has 0 heterocycles. The molecule has 0 saturated heterocycles. The molecule has 208 valence electrons. The largest absolute Gasteiger partial charge is 0.505 e. The quantitative estimate of drug-likeness (QED) is 0.169. The van der Waals surface area contributed by atoms with Gasteiger partial charge < -0.3 is 20.6 Å². The first kappa shape index (κ1) is 30.5. The van der Waals surface area contributed by atoms with Gasteiger partial charge in [-0.2, -0.15) is 0 Å². The van der Waals surface area contributed by atoms with Crippen LogP contribution in [-0.2, 0) is 14.8 Å². The van der Waals surface area contributed by atoms with Crippen molar-refractivity contribution in [3.8, 4) is 0 Å². The number of carbonyl (C=O) groups excluding carboxylic acids is 2. The molecule has 4 N–H and O–H groups in total. The lowest BCUT2D eigenvalue weighted by atomic mass is 10.1. The van der Waals surface area contributed by atoms with Crippen LogP contribution in [-0.4, -0.2) is 57.9 Å². The second-order valence-electron chi connectivity index (χ2n) is 8.62. The van der Waals surface area contributed by atoms with Gasteiger partial charge in [-0.25, -0.2) is 13.2 Å². The number of nitrogens with one attached hydrogen (secondary N) is 3. The molecule has 10 nitrogen and oxygen atoms in total. The summed E-state index contributed by atoms with van der Waals surface area (Å²) in [6, 6.07) is 12.5. The maximum absolute atomic E-state index is 13.4. The van der Waals surface area contributed by atoms with Gasteiger partial charge in [0.05, 0.1) is 11.9 Å². The molecule has 3 amide bonds. The predicted octanol–water partition coefficient (Wildman–Crippen LogP) is 4.28. The maximum Gasteiger partial charge on any atom is 0.326 e. The molecule has 0 spiro atoms. The van der Waals surface area contributed by atoms with E-state index in [0.717, 1.165) is 37.9 Å². The lowest BCUT2D eigenvalue weighted by Gasteiger charge is -2.27. The molecule has 0 atom stereocenters. The summed E-state index contributed by atoms with van der Waals surface area (Å²) >= 11 is 0. The first-order chi connectivity index (χ1) is 18.1. The molecule has 0 bridgehead atoms. The predicted molar refractivity (Wildman–Crippen MR) is 154 cm³/mol. The SMILES string of the molecule is CCCCNC(=O)N(/C(C(=O)NCC)=C(/O)c1ccc(NS(C)(=O)=O)cc1)c1ccc(N(CC)CC)cc1. The third-order valence-corrected chi connectivity index (χ3v) is 6.31. The molecule has 11 heteroatoms. The monoisotopic (exact) mass is 545 g/mol. The summed E-state index contributed by atoms with van der Waals surface area (Å²) in [5, 5.41) is 16.8. The van der Waals surface area contributed by atoms with Crippen LogP contribution in [0.1, 0.15) is 46.1 Å². The number of amides is 3. The van der Waals surface area contributed by atoms with E-state index in [2.05, 4.69) is 34.1 Å². The zero-order valence-corrected chi connectivity index (χ0v) is 23.6. The Morgan fingerprint density at radius 1 is 0.868 bits per heavy atom. The van der Waals surface area contributed by atoms with Crippen molar-refractivity contribution in [3.63, 3.8) is 0 Å². The van der Waals surface area contributed by atoms with Crippen LogP contribution in [0.5, 0.6) is 0 Å². The molecular weight excluding hydrogens is 506 g/mol. The van der Waals surface area contributed by atoms with E-state index in [-0.39, 0.29) is 17.8 Å². The average molecular weight is 546 g/mol. The van der Waals surface area contributed by atoms with E-state index in [1.54, 1.807) is 19.1 Å². The number of urea groups is 1. The van der Waals surface area contributed by atoms with Crippen molar-refractivity contribution in [2.75, 3.05) is 47.0 Å². The van der Waals surface area contributed by atoms with Gasteiger partial charge in [0.15, 0.2) is 11.5 Å². The minimum atomic E-state index is -3.49. The Kier molecular flexibility index (Phi) is 11.5. The van der Waals surface area contributed by atoms with E-state index in [1.165, 1.54) is 29.2 Å². The van der Waals surface area contributed by atoms with Gasteiger partial charge in [-0.3, -0.25) is 14.4 Å². The first-order valence-corrected chi connectivity index (χ1v) is 14.7. The van der Waals surface area contributed by atoms with Crippen molar-refractivity contribution >= 4 is 44.8 Å². The summed E-state index contributed by atoms with van der Waals surface area (Å²) in [6.07, 6.45) is 2.66. The number of nitrogens with zero attached hydrogens (tertiary/aromatic N) is 2. The Bertz CT molecular complexity index is 1210. The second kappa shape index (κ2) is 14.3. The van der Waals surface area contributed by atoms with Crippen LogP contribution in [0.2, 0.25) is 0 Å². The number of hydrogen-bond acceptors (Lipinski definition) is 6. The molecular formula is C27H39N5O5S. The van der Waals surface area contributed by atoms with Crippen LogP contribution < -0.4 is 25.2 Å². The normalized spacial score (nSPS) is 11.8. The molecule has 0 unspecified atom stereocenters. The Labute approximate surface area is 225 Å². The van der Waals surface area contributed by atoms with Crippen LogP contribution in [0.15, 0.2) is 54.2 Å². The van der Waals surface area contributed by atoms with Gasteiger partial charge >= 0.3 is 6.03 Å². The summed E-state index contributed by atoms with van der Waals surface area (Å²) in [4.78, 5) is 30.1. The number of hydrogen-bond donors (Lipinski definition) is 4. The molecule has 38 heavy (non-hydrogen) atoms. The Balaban J connectivity index is 2.65. The molecule has 0 saturated carbocycles. The van der Waals surface area contributed by atoms with E-state index >= 15 is 0 Å². The fraction of sp³-hybridized carbons (Fsp3) is 0.407. The highest BCUT2D eigenvalue weighted by Gasteiger charge is 2.29. The number of benzene rings is 2. The zero-order chi connectivity index (χ0) is 28.3. The van der Waals surface area contributed by atoms with Gasteiger partial charge in [0.2, 0.25) is 10.0 Å². The molecule has 0 aliphatic carbocycles. The molecule has 2 aromatic rings. The Hall–Kier alpha value is -3.73. The highest BCUT2D eigenvalue weighted by molar-refractivity contribution is 7.92. The van der Waals surface area contributed by atoms with Crippen LogP contribution in [0.4, 0.5) is 21.9 Å². The topological polar surface area (TPSA) is 131 Å². The molecule has 0 aliphatic heterocycles. The van der Waals surface area contributed by atoms with Crippen LogP contribution in [0.3, 0.4) is 0 Å². The van der Waals surface area contributed by atoms with Crippen LogP contribution in [0, 0.1) is 0 Å². The van der Waals surface area contributed by atoms with E-state index in [4.69, 9.17) is 0 Å². The molecule has 0 radical (unpaired) electrons. The number of aliphatic hydroxyl groups excluding tert-OH is 1. The number of unbranched alkanes of at least 4 members (excludes halogenated alkanes) is 1. The standard InChI is InChI=1S/C27H39N5O5S/c1-6-10-19-29-27(35)32(23-17-15-22(16-18-23)31(8-3)9-4)24(26(34)28-7-2)25(33)20-11-13-21(14-12-20)30-38(5,36)37/h11-18,30,33H,6-10,19H2,1-5H3,(H,28,34)(H,29,35)/b25-24+. The lowest BCUT2D eigenvalue weighted by Crippen LogP contribution is -2.45. The second-order valence-corrected chi connectivity index (χ2v) is 10.4. The number of anilines is 3. The molecule has 0 aromatic heterocycles. The number of aliphatic hydroxyl groups is 1. The van der Waals surface area contributed by atoms with Crippen LogP contribution in [0.25, 0.3) is 5.76 Å². The van der Waals surface area contributed by atoms with Crippen molar-refractivity contribution in [2.24, 2.45) is 0 Å². The highest BCUT2D eigenvalue weighted by Crippen LogP contribution is 2.28. The summed E-state index contributed by atoms with van der Waals surface area (Å²) in [6.45, 7) is 10.1. The number of rotatable bonds is 13. The molecule has 2 rings (SSSR count). The Morgan fingerprint density at radius 2 is 1.45 bits per heavy atom. The summed E-state index contributed by atoms with van der Waals surface area (Å²) in [7, 11) is -3.49. The fourth-order valence-electron chi connectivity index (χ4n) is 3.81. The summed E-state index contributed by atoms with van der Waals surface area (Å²) in [5.41, 5.74) is 1.64. The number of sulfonamides is 1. The molecule has 2 aromatic carbocycles. The van der Waals surface area contributed by atoms with Gasteiger partial charge in [-0.05, 0) is 75.7 Å². The smallest absolute Gasteiger partial charge is 0.326 e. The van der Waals surface area contributed by atoms with Gasteiger partial charge in [0.1, 0.15) is 0 Å². The van der Waals surface area contributed by atoms with Crippen LogP contribution >= 0.6 is 0 Å². The number of likely N-dealkylation sites (N-methyl/N-ethyl adjacent to an activating group) is 1. The van der Waals surface area contributed by atoms with Gasteiger partial charge in [0.25, 0.3) is 5.91 Å². The van der Waals surface area contributed by atoms with E-state index in [9.17, 15) is 23.1 Å². The van der Waals surface area contributed by atoms with E-state index in [1.807, 2.05) is 19.1 Å². The van der Waals surface area contributed by atoms with Gasteiger partial charge in [0, 0.05) is 43.1 Å².